The van der Waals surface area contributed by atoms with Crippen molar-refractivity contribution in [3.8, 4) is 5.88 Å². The Kier molecular flexibility index (Phi) is 3.31. The molecule has 0 amide bonds. The minimum Gasteiger partial charge on any atom is -0.477 e. The molecule has 0 spiro atoms. The topological polar surface area (TPSA) is 73.9 Å². The summed E-state index contributed by atoms with van der Waals surface area (Å²) >= 11 is 1.64. The van der Waals surface area contributed by atoms with E-state index in [4.69, 9.17) is 10.5 Å². The summed E-state index contributed by atoms with van der Waals surface area (Å²) in [4.78, 5) is 13.2. The quantitative estimate of drug-likeness (QED) is 0.869. The number of aromatic nitrogens is 3. The molecule has 84 valence electrons. The predicted octanol–water partition coefficient (Wildman–Crippen LogP) is 1.45. The molecule has 0 saturated carbocycles. The van der Waals surface area contributed by atoms with Gasteiger partial charge in [0.25, 0.3) is 0 Å². The Morgan fingerprint density at radius 1 is 1.38 bits per heavy atom. The van der Waals surface area contributed by atoms with Gasteiger partial charge < -0.3 is 10.5 Å². The monoisotopic (exact) mass is 236 g/mol. The molecule has 0 aliphatic rings. The molecule has 0 aliphatic heterocycles. The van der Waals surface area contributed by atoms with Crippen LogP contribution in [0.25, 0.3) is 0 Å². The number of hydrogen-bond donors (Lipinski definition) is 1. The molecular weight excluding hydrogens is 224 g/mol. The van der Waals surface area contributed by atoms with Crippen LogP contribution in [0.2, 0.25) is 0 Å². The molecule has 0 atom stereocenters. The van der Waals surface area contributed by atoms with Crippen LogP contribution in [0.15, 0.2) is 17.9 Å². The number of rotatable bonds is 4. The lowest BCUT2D eigenvalue weighted by Crippen LogP contribution is -2.03. The second kappa shape index (κ2) is 4.89. The highest BCUT2D eigenvalue weighted by Gasteiger charge is 2.02. The number of aryl methyl sites for hydroxylation is 1. The third-order valence-electron chi connectivity index (χ3n) is 2.09. The minimum atomic E-state index is 0.416. The molecule has 16 heavy (non-hydrogen) atoms. The highest BCUT2D eigenvalue weighted by atomic mass is 32.1. The molecule has 5 nitrogen and oxygen atoms in total. The van der Waals surface area contributed by atoms with Gasteiger partial charge in [-0.2, -0.15) is 0 Å². The summed E-state index contributed by atoms with van der Waals surface area (Å²) in [6, 6.07) is 1.61. The van der Waals surface area contributed by atoms with E-state index in [1.165, 1.54) is 11.2 Å². The summed E-state index contributed by atoms with van der Waals surface area (Å²) in [6.07, 6.45) is 2.23. The van der Waals surface area contributed by atoms with Crippen molar-refractivity contribution in [2.45, 2.75) is 13.3 Å². The Balaban J connectivity index is 1.87. The summed E-state index contributed by atoms with van der Waals surface area (Å²) in [5.74, 6) is 0.925. The first-order chi connectivity index (χ1) is 7.75. The molecule has 0 radical (unpaired) electrons. The molecule has 0 aliphatic carbocycles. The Bertz CT molecular complexity index is 471. The molecule has 0 bridgehead atoms. The van der Waals surface area contributed by atoms with Gasteiger partial charge in [-0.3, -0.25) is 0 Å². The number of nitrogen functional groups attached to an aromatic ring is 1. The zero-order valence-electron chi connectivity index (χ0n) is 8.88. The molecule has 2 heterocycles. The molecule has 2 aromatic rings. The smallest absolute Gasteiger partial charge is 0.218 e. The second-order valence-electron chi connectivity index (χ2n) is 3.24. The van der Waals surface area contributed by atoms with Crippen LogP contribution in [-0.4, -0.2) is 21.6 Å². The van der Waals surface area contributed by atoms with Crippen LogP contribution in [0.3, 0.4) is 0 Å². The van der Waals surface area contributed by atoms with Gasteiger partial charge in [-0.25, -0.2) is 15.0 Å². The van der Waals surface area contributed by atoms with Gasteiger partial charge in [0.05, 0.1) is 17.8 Å². The highest BCUT2D eigenvalue weighted by molar-refractivity contribution is 7.09. The van der Waals surface area contributed by atoms with Crippen molar-refractivity contribution >= 4 is 17.2 Å². The molecule has 2 aromatic heterocycles. The van der Waals surface area contributed by atoms with Crippen LogP contribution in [-0.2, 0) is 6.42 Å². The van der Waals surface area contributed by atoms with Gasteiger partial charge in [-0.15, -0.1) is 11.3 Å². The van der Waals surface area contributed by atoms with Gasteiger partial charge in [0.2, 0.25) is 5.88 Å². The van der Waals surface area contributed by atoms with Crippen LogP contribution in [0, 0.1) is 6.92 Å². The molecule has 2 N–H and O–H groups in total. The first kappa shape index (κ1) is 10.8. The third kappa shape index (κ3) is 2.66. The van der Waals surface area contributed by atoms with Crippen LogP contribution >= 0.6 is 11.3 Å². The summed E-state index contributed by atoms with van der Waals surface area (Å²) in [7, 11) is 0. The van der Waals surface area contributed by atoms with E-state index in [9.17, 15) is 0 Å². The van der Waals surface area contributed by atoms with Crippen molar-refractivity contribution in [3.63, 3.8) is 0 Å². The largest absolute Gasteiger partial charge is 0.477 e. The summed E-state index contributed by atoms with van der Waals surface area (Å²) in [6.45, 7) is 2.56. The molecule has 2 rings (SSSR count). The predicted molar refractivity (Wildman–Crippen MR) is 62.5 cm³/mol. The van der Waals surface area contributed by atoms with Crippen molar-refractivity contribution in [1.82, 2.24) is 15.0 Å². The fraction of sp³-hybridized carbons (Fsp3) is 0.300. The van der Waals surface area contributed by atoms with Gasteiger partial charge in [0.15, 0.2) is 0 Å². The first-order valence-electron chi connectivity index (χ1n) is 4.85. The van der Waals surface area contributed by atoms with E-state index in [1.54, 1.807) is 17.4 Å². The minimum absolute atomic E-state index is 0.416. The van der Waals surface area contributed by atoms with Crippen molar-refractivity contribution in [2.24, 2.45) is 0 Å². The number of nitrogens with two attached hydrogens (primary N) is 1. The van der Waals surface area contributed by atoms with E-state index < -0.39 is 0 Å². The van der Waals surface area contributed by atoms with E-state index in [-0.39, 0.29) is 0 Å². The summed E-state index contributed by atoms with van der Waals surface area (Å²) < 4.78 is 5.46. The van der Waals surface area contributed by atoms with Crippen LogP contribution < -0.4 is 10.5 Å². The van der Waals surface area contributed by atoms with E-state index >= 15 is 0 Å². The molecule has 0 aromatic carbocycles. The van der Waals surface area contributed by atoms with Gasteiger partial charge in [0.1, 0.15) is 12.1 Å². The molecule has 0 unspecified atom stereocenters. The SMILES string of the molecule is Cc1ncsc1CCOc1cc(N)ncn1. The Labute approximate surface area is 97.3 Å². The maximum absolute atomic E-state index is 5.51. The van der Waals surface area contributed by atoms with Crippen molar-refractivity contribution in [3.05, 3.63) is 28.5 Å². The molecule has 0 saturated heterocycles. The number of ether oxygens (including phenoxy) is 1. The lowest BCUT2D eigenvalue weighted by Gasteiger charge is -2.04. The normalized spacial score (nSPS) is 10.3. The van der Waals surface area contributed by atoms with Crippen molar-refractivity contribution < 1.29 is 4.74 Å². The number of thiazole rings is 1. The fourth-order valence-corrected chi connectivity index (χ4v) is 2.01. The van der Waals surface area contributed by atoms with Gasteiger partial charge in [-0.1, -0.05) is 0 Å². The lowest BCUT2D eigenvalue weighted by molar-refractivity contribution is 0.310. The average molecular weight is 236 g/mol. The van der Waals surface area contributed by atoms with Gasteiger partial charge in [0, 0.05) is 17.4 Å². The zero-order chi connectivity index (χ0) is 11.4. The van der Waals surface area contributed by atoms with E-state index in [0.717, 1.165) is 12.1 Å². The standard InChI is InChI=1S/C10H12N4OS/c1-7-8(16-6-14-7)2-3-15-10-4-9(11)12-5-13-10/h4-6H,2-3H2,1H3,(H2,11,12,13). The Hall–Kier alpha value is -1.69. The molecule has 6 heteroatoms. The lowest BCUT2D eigenvalue weighted by atomic mass is 10.3. The number of hydrogen-bond acceptors (Lipinski definition) is 6. The van der Waals surface area contributed by atoms with E-state index in [2.05, 4.69) is 15.0 Å². The van der Waals surface area contributed by atoms with Crippen LogP contribution in [0.5, 0.6) is 5.88 Å². The van der Waals surface area contributed by atoms with Crippen molar-refractivity contribution in [2.75, 3.05) is 12.3 Å². The summed E-state index contributed by atoms with van der Waals surface area (Å²) in [5, 5.41) is 0. The number of nitrogens with zero attached hydrogens (tertiary/aromatic N) is 3. The first-order valence-corrected chi connectivity index (χ1v) is 5.73. The Morgan fingerprint density at radius 2 is 2.25 bits per heavy atom. The van der Waals surface area contributed by atoms with E-state index in [1.807, 2.05) is 12.4 Å². The Morgan fingerprint density at radius 3 is 2.94 bits per heavy atom. The summed E-state index contributed by atoms with van der Waals surface area (Å²) in [5.41, 5.74) is 8.42. The van der Waals surface area contributed by atoms with Gasteiger partial charge >= 0.3 is 0 Å². The second-order valence-corrected chi connectivity index (χ2v) is 4.18. The maximum atomic E-state index is 5.51. The van der Waals surface area contributed by atoms with Gasteiger partial charge in [-0.05, 0) is 6.92 Å². The molecular formula is C10H12N4OS. The zero-order valence-corrected chi connectivity index (χ0v) is 9.70. The van der Waals surface area contributed by atoms with Crippen LogP contribution in [0.1, 0.15) is 10.6 Å². The van der Waals surface area contributed by atoms with Crippen molar-refractivity contribution in [1.29, 1.82) is 0 Å². The fourth-order valence-electron chi connectivity index (χ4n) is 1.25. The highest BCUT2D eigenvalue weighted by Crippen LogP contribution is 2.14. The maximum Gasteiger partial charge on any atom is 0.218 e. The van der Waals surface area contributed by atoms with Crippen LogP contribution in [0.4, 0.5) is 5.82 Å². The third-order valence-corrected chi connectivity index (χ3v) is 3.08. The molecule has 0 fully saturated rings. The number of anilines is 1. The average Bonchev–Trinajstić information content (AvgIpc) is 2.65. The van der Waals surface area contributed by atoms with E-state index in [0.29, 0.717) is 18.3 Å².